The summed E-state index contributed by atoms with van der Waals surface area (Å²) in [6.07, 6.45) is 5.45. The Balaban J connectivity index is 1.86. The first kappa shape index (κ1) is 17.4. The number of pyridine rings is 1. The molecule has 0 saturated carbocycles. The van der Waals surface area contributed by atoms with Crippen molar-refractivity contribution in [2.45, 2.75) is 37.1 Å². The van der Waals surface area contributed by atoms with E-state index in [9.17, 15) is 13.7 Å². The molecule has 0 saturated heterocycles. The number of hydrogen-bond acceptors (Lipinski definition) is 5. The molecule has 1 aromatic carbocycles. The largest absolute Gasteiger partial charge is 0.354 e. The van der Waals surface area contributed by atoms with E-state index >= 15 is 0 Å². The fourth-order valence-corrected chi connectivity index (χ4v) is 3.82. The van der Waals surface area contributed by atoms with Crippen molar-refractivity contribution in [3.8, 4) is 6.07 Å². The average molecular weight is 355 g/mol. The van der Waals surface area contributed by atoms with Crippen LogP contribution in [0.15, 0.2) is 35.2 Å². The van der Waals surface area contributed by atoms with E-state index in [1.165, 1.54) is 11.8 Å². The maximum atomic E-state index is 11.6. The Morgan fingerprint density at radius 3 is 2.52 bits per heavy atom. The molecule has 1 heterocycles. The van der Waals surface area contributed by atoms with Crippen molar-refractivity contribution in [1.29, 1.82) is 5.26 Å². The molecule has 2 aromatic rings. The predicted molar refractivity (Wildman–Crippen MR) is 97.3 cm³/mol. The molecule has 0 bridgehead atoms. The summed E-state index contributed by atoms with van der Waals surface area (Å²) < 4.78 is 23.1. The van der Waals surface area contributed by atoms with E-state index in [0.29, 0.717) is 22.8 Å². The minimum atomic E-state index is -3.19. The third-order valence-corrected chi connectivity index (χ3v) is 5.66. The highest BCUT2D eigenvalue weighted by Gasteiger charge is 2.17. The molecule has 0 atom stereocenters. The first-order chi connectivity index (χ1) is 11.9. The highest BCUT2D eigenvalue weighted by atomic mass is 32.2. The second-order valence-electron chi connectivity index (χ2n) is 6.56. The SMILES string of the molecule is CN(Cc1ccc(S(C)(=O)=O)cc1)c1nc2c(cc1C#N)CCCC2. The summed E-state index contributed by atoms with van der Waals surface area (Å²) in [6.45, 7) is 0.560. The van der Waals surface area contributed by atoms with Gasteiger partial charge in [-0.05, 0) is 55.0 Å². The van der Waals surface area contributed by atoms with Crippen LogP contribution in [-0.4, -0.2) is 26.7 Å². The van der Waals surface area contributed by atoms with Crippen molar-refractivity contribution in [3.63, 3.8) is 0 Å². The summed E-state index contributed by atoms with van der Waals surface area (Å²) in [7, 11) is -1.28. The molecule has 0 unspecified atom stereocenters. The molecule has 1 aliphatic carbocycles. The van der Waals surface area contributed by atoms with E-state index in [1.54, 1.807) is 24.3 Å². The molecule has 0 radical (unpaired) electrons. The van der Waals surface area contributed by atoms with Crippen LogP contribution in [0.25, 0.3) is 0 Å². The molecule has 6 heteroatoms. The Kier molecular flexibility index (Phi) is 4.78. The van der Waals surface area contributed by atoms with Crippen LogP contribution in [0.3, 0.4) is 0 Å². The number of aromatic nitrogens is 1. The van der Waals surface area contributed by atoms with Crippen LogP contribution in [0.1, 0.15) is 35.2 Å². The van der Waals surface area contributed by atoms with Crippen LogP contribution in [0, 0.1) is 11.3 Å². The van der Waals surface area contributed by atoms with E-state index in [0.717, 1.165) is 36.9 Å². The molecular weight excluding hydrogens is 334 g/mol. The summed E-state index contributed by atoms with van der Waals surface area (Å²) >= 11 is 0. The third-order valence-electron chi connectivity index (χ3n) is 4.53. The molecule has 0 fully saturated rings. The first-order valence-corrected chi connectivity index (χ1v) is 10.2. The minimum Gasteiger partial charge on any atom is -0.354 e. The van der Waals surface area contributed by atoms with Crippen molar-refractivity contribution in [3.05, 3.63) is 52.7 Å². The maximum absolute atomic E-state index is 11.6. The number of benzene rings is 1. The molecule has 1 aromatic heterocycles. The summed E-state index contributed by atoms with van der Waals surface area (Å²) in [6, 6.07) is 11.1. The standard InChI is InChI=1S/C19H21N3O2S/c1-22(13-14-7-9-17(10-8-14)25(2,23)24)19-16(12-20)11-15-5-3-4-6-18(15)21-19/h7-11H,3-6,13H2,1-2H3. The number of aryl methyl sites for hydroxylation is 2. The van der Waals surface area contributed by atoms with E-state index in [4.69, 9.17) is 4.98 Å². The van der Waals surface area contributed by atoms with Gasteiger partial charge in [-0.2, -0.15) is 5.26 Å². The lowest BCUT2D eigenvalue weighted by molar-refractivity contribution is 0.602. The van der Waals surface area contributed by atoms with Crippen molar-refractivity contribution in [1.82, 2.24) is 4.98 Å². The first-order valence-electron chi connectivity index (χ1n) is 8.31. The Bertz CT molecular complexity index is 928. The van der Waals surface area contributed by atoms with Gasteiger partial charge in [0, 0.05) is 25.5 Å². The van der Waals surface area contributed by atoms with Crippen molar-refractivity contribution < 1.29 is 8.42 Å². The fraction of sp³-hybridized carbons (Fsp3) is 0.368. The second kappa shape index (κ2) is 6.85. The third kappa shape index (κ3) is 3.83. The van der Waals surface area contributed by atoms with Gasteiger partial charge in [0.2, 0.25) is 0 Å². The van der Waals surface area contributed by atoms with Crippen LogP contribution in [0.4, 0.5) is 5.82 Å². The van der Waals surface area contributed by atoms with Gasteiger partial charge in [0.1, 0.15) is 11.9 Å². The van der Waals surface area contributed by atoms with E-state index in [2.05, 4.69) is 6.07 Å². The fourth-order valence-electron chi connectivity index (χ4n) is 3.19. The van der Waals surface area contributed by atoms with Crippen LogP contribution >= 0.6 is 0 Å². The zero-order chi connectivity index (χ0) is 18.0. The van der Waals surface area contributed by atoms with Crippen molar-refractivity contribution >= 4 is 15.7 Å². The molecule has 25 heavy (non-hydrogen) atoms. The van der Waals surface area contributed by atoms with Gasteiger partial charge in [0.25, 0.3) is 0 Å². The number of nitriles is 1. The number of anilines is 1. The quantitative estimate of drug-likeness (QED) is 0.843. The molecule has 1 aliphatic rings. The molecular formula is C19H21N3O2S. The molecule has 130 valence electrons. The molecule has 0 spiro atoms. The minimum absolute atomic E-state index is 0.309. The van der Waals surface area contributed by atoms with Crippen LogP contribution in [0.2, 0.25) is 0 Å². The van der Waals surface area contributed by atoms with Gasteiger partial charge < -0.3 is 4.90 Å². The highest BCUT2D eigenvalue weighted by Crippen LogP contribution is 2.26. The predicted octanol–water partition coefficient (Wildman–Crippen LogP) is 2.87. The topological polar surface area (TPSA) is 74.1 Å². The zero-order valence-electron chi connectivity index (χ0n) is 14.5. The smallest absolute Gasteiger partial charge is 0.175 e. The lowest BCUT2D eigenvalue weighted by Crippen LogP contribution is -2.21. The van der Waals surface area contributed by atoms with Crippen molar-refractivity contribution in [2.24, 2.45) is 0 Å². The Morgan fingerprint density at radius 1 is 1.20 bits per heavy atom. The summed E-state index contributed by atoms with van der Waals surface area (Å²) in [5.41, 5.74) is 3.85. The van der Waals surface area contributed by atoms with Gasteiger partial charge in [-0.15, -0.1) is 0 Å². The van der Waals surface area contributed by atoms with Crippen LogP contribution < -0.4 is 4.90 Å². The van der Waals surface area contributed by atoms with Crippen LogP contribution in [0.5, 0.6) is 0 Å². The van der Waals surface area contributed by atoms with Gasteiger partial charge in [0.05, 0.1) is 10.5 Å². The van der Waals surface area contributed by atoms with E-state index in [1.807, 2.05) is 18.0 Å². The normalized spacial score (nSPS) is 13.8. The summed E-state index contributed by atoms with van der Waals surface area (Å²) in [5, 5.41) is 9.48. The van der Waals surface area contributed by atoms with E-state index < -0.39 is 9.84 Å². The second-order valence-corrected chi connectivity index (χ2v) is 8.57. The molecule has 5 nitrogen and oxygen atoms in total. The average Bonchev–Trinajstić information content (AvgIpc) is 2.60. The number of nitrogens with zero attached hydrogens (tertiary/aromatic N) is 3. The molecule has 0 aliphatic heterocycles. The Labute approximate surface area is 148 Å². The van der Waals surface area contributed by atoms with Gasteiger partial charge in [-0.3, -0.25) is 0 Å². The molecule has 0 N–H and O–H groups in total. The number of fused-ring (bicyclic) bond motifs is 1. The molecule has 3 rings (SSSR count). The summed E-state index contributed by atoms with van der Waals surface area (Å²) in [4.78, 5) is 7.00. The number of rotatable bonds is 4. The Hall–Kier alpha value is -2.39. The van der Waals surface area contributed by atoms with Gasteiger partial charge in [-0.1, -0.05) is 12.1 Å². The molecule has 0 amide bonds. The highest BCUT2D eigenvalue weighted by molar-refractivity contribution is 7.90. The van der Waals surface area contributed by atoms with Crippen molar-refractivity contribution in [2.75, 3.05) is 18.2 Å². The Morgan fingerprint density at radius 2 is 1.88 bits per heavy atom. The summed E-state index contributed by atoms with van der Waals surface area (Å²) in [5.74, 6) is 0.690. The number of hydrogen-bond donors (Lipinski definition) is 0. The van der Waals surface area contributed by atoms with Gasteiger partial charge >= 0.3 is 0 Å². The maximum Gasteiger partial charge on any atom is 0.175 e. The lowest BCUT2D eigenvalue weighted by atomic mass is 9.95. The lowest BCUT2D eigenvalue weighted by Gasteiger charge is -2.23. The van der Waals surface area contributed by atoms with Crippen LogP contribution in [-0.2, 0) is 29.2 Å². The van der Waals surface area contributed by atoms with Gasteiger partial charge in [0.15, 0.2) is 9.84 Å². The zero-order valence-corrected chi connectivity index (χ0v) is 15.3. The van der Waals surface area contributed by atoms with E-state index in [-0.39, 0.29) is 0 Å². The number of sulfone groups is 1. The monoisotopic (exact) mass is 355 g/mol. The van der Waals surface area contributed by atoms with Gasteiger partial charge in [-0.25, -0.2) is 13.4 Å².